The predicted octanol–water partition coefficient (Wildman–Crippen LogP) is 3.48. The van der Waals surface area contributed by atoms with Gasteiger partial charge < -0.3 is 9.64 Å². The molecule has 0 unspecified atom stereocenters. The highest BCUT2D eigenvalue weighted by atomic mass is 16.5. The summed E-state index contributed by atoms with van der Waals surface area (Å²) in [5.74, 6) is 0.654. The van der Waals surface area contributed by atoms with Gasteiger partial charge in [0, 0.05) is 7.05 Å². The molecule has 6 nitrogen and oxygen atoms in total. The Hall–Kier alpha value is -3.15. The molecule has 0 saturated carbocycles. The Morgan fingerprint density at radius 2 is 1.81 bits per heavy atom. The van der Waals surface area contributed by atoms with E-state index in [9.17, 15) is 4.79 Å². The lowest BCUT2D eigenvalue weighted by atomic mass is 10.1. The second-order valence-electron chi connectivity index (χ2n) is 6.72. The Bertz CT molecular complexity index is 884. The first kappa shape index (κ1) is 18.6. The maximum absolute atomic E-state index is 12.5. The molecule has 140 valence electrons. The summed E-state index contributed by atoms with van der Waals surface area (Å²) in [6, 6.07) is 13.8. The zero-order valence-corrected chi connectivity index (χ0v) is 16.1. The third kappa shape index (κ3) is 4.53. The second kappa shape index (κ2) is 8.03. The molecular weight excluding hydrogens is 340 g/mol. The summed E-state index contributed by atoms with van der Waals surface area (Å²) in [6.07, 6.45) is 3.15. The van der Waals surface area contributed by atoms with E-state index < -0.39 is 0 Å². The zero-order valence-electron chi connectivity index (χ0n) is 16.1. The molecule has 2 aromatic carbocycles. The maximum atomic E-state index is 12.5. The third-order valence-electron chi connectivity index (χ3n) is 4.59. The molecule has 1 heterocycles. The normalized spacial score (nSPS) is 11.9. The Kier molecular flexibility index (Phi) is 5.54. The molecule has 3 aromatic rings. The van der Waals surface area contributed by atoms with Crippen molar-refractivity contribution in [2.24, 2.45) is 0 Å². The maximum Gasteiger partial charge on any atom is 0.260 e. The van der Waals surface area contributed by atoms with Crippen LogP contribution in [0, 0.1) is 13.8 Å². The molecule has 0 aliphatic rings. The molecule has 27 heavy (non-hydrogen) atoms. The van der Waals surface area contributed by atoms with E-state index >= 15 is 0 Å². The molecule has 0 bridgehead atoms. The van der Waals surface area contributed by atoms with Gasteiger partial charge in [-0.1, -0.05) is 18.2 Å². The summed E-state index contributed by atoms with van der Waals surface area (Å²) >= 11 is 0. The van der Waals surface area contributed by atoms with Crippen LogP contribution in [0.3, 0.4) is 0 Å². The average molecular weight is 364 g/mol. The number of hydrogen-bond donors (Lipinski definition) is 0. The standard InChI is InChI=1S/C21H24N4O2/c1-15-9-16(2)11-20(10-15)27-12-21(26)24(4)17(3)18-5-7-19(8-6-18)25-14-22-13-23-25/h5-11,13-14,17H,12H2,1-4H3/t17-/m0/s1. The number of benzene rings is 2. The van der Waals surface area contributed by atoms with Crippen molar-refractivity contribution in [1.29, 1.82) is 0 Å². The van der Waals surface area contributed by atoms with Crippen molar-refractivity contribution in [2.45, 2.75) is 26.8 Å². The molecule has 0 aliphatic carbocycles. The van der Waals surface area contributed by atoms with Crippen molar-refractivity contribution in [3.8, 4) is 11.4 Å². The topological polar surface area (TPSA) is 60.2 Å². The van der Waals surface area contributed by atoms with Crippen LogP contribution < -0.4 is 4.74 Å². The minimum Gasteiger partial charge on any atom is -0.484 e. The molecule has 6 heteroatoms. The molecule has 3 rings (SSSR count). The van der Waals surface area contributed by atoms with Gasteiger partial charge in [0.15, 0.2) is 6.61 Å². The van der Waals surface area contributed by atoms with Crippen LogP contribution in [0.4, 0.5) is 0 Å². The van der Waals surface area contributed by atoms with Crippen LogP contribution in [0.5, 0.6) is 5.75 Å². The van der Waals surface area contributed by atoms with Gasteiger partial charge in [-0.2, -0.15) is 5.10 Å². The Labute approximate surface area is 159 Å². The molecule has 0 saturated heterocycles. The Morgan fingerprint density at radius 1 is 1.15 bits per heavy atom. The largest absolute Gasteiger partial charge is 0.484 e. The lowest BCUT2D eigenvalue weighted by Crippen LogP contribution is -2.33. The number of carbonyl (C=O) groups excluding carboxylic acids is 1. The van der Waals surface area contributed by atoms with E-state index in [0.717, 1.165) is 28.1 Å². The molecule has 0 radical (unpaired) electrons. The van der Waals surface area contributed by atoms with Crippen LogP contribution in [-0.2, 0) is 4.79 Å². The van der Waals surface area contributed by atoms with Crippen molar-refractivity contribution < 1.29 is 9.53 Å². The van der Waals surface area contributed by atoms with Crippen LogP contribution in [0.15, 0.2) is 55.1 Å². The average Bonchev–Trinajstić information content (AvgIpc) is 3.19. The first-order chi connectivity index (χ1) is 12.9. The molecule has 0 aliphatic heterocycles. The summed E-state index contributed by atoms with van der Waals surface area (Å²) in [5.41, 5.74) is 4.20. The lowest BCUT2D eigenvalue weighted by molar-refractivity contribution is -0.134. The van der Waals surface area contributed by atoms with Crippen molar-refractivity contribution in [3.05, 3.63) is 71.8 Å². The van der Waals surface area contributed by atoms with Crippen molar-refractivity contribution in [2.75, 3.05) is 13.7 Å². The lowest BCUT2D eigenvalue weighted by Gasteiger charge is -2.25. The summed E-state index contributed by atoms with van der Waals surface area (Å²) in [5, 5.41) is 4.11. The number of carbonyl (C=O) groups is 1. The number of amides is 1. The summed E-state index contributed by atoms with van der Waals surface area (Å²) < 4.78 is 7.39. The molecule has 0 fully saturated rings. The van der Waals surface area contributed by atoms with Gasteiger partial charge in [0.1, 0.15) is 18.4 Å². The van der Waals surface area contributed by atoms with Crippen LogP contribution in [0.2, 0.25) is 0 Å². The Balaban J connectivity index is 1.62. The first-order valence-electron chi connectivity index (χ1n) is 8.86. The minimum absolute atomic E-state index is 0.0147. The highest BCUT2D eigenvalue weighted by Gasteiger charge is 2.18. The van der Waals surface area contributed by atoms with Crippen LogP contribution in [0.1, 0.15) is 29.7 Å². The van der Waals surface area contributed by atoms with E-state index in [4.69, 9.17) is 4.74 Å². The van der Waals surface area contributed by atoms with Gasteiger partial charge in [-0.25, -0.2) is 9.67 Å². The van der Waals surface area contributed by atoms with Gasteiger partial charge in [0.2, 0.25) is 0 Å². The number of rotatable bonds is 6. The monoisotopic (exact) mass is 364 g/mol. The van der Waals surface area contributed by atoms with E-state index in [1.807, 2.05) is 57.2 Å². The van der Waals surface area contributed by atoms with Crippen molar-refractivity contribution in [3.63, 3.8) is 0 Å². The van der Waals surface area contributed by atoms with Crippen LogP contribution in [0.25, 0.3) is 5.69 Å². The quantitative estimate of drug-likeness (QED) is 0.672. The zero-order chi connectivity index (χ0) is 19.4. The third-order valence-corrected chi connectivity index (χ3v) is 4.59. The number of aryl methyl sites for hydroxylation is 2. The number of hydrogen-bond acceptors (Lipinski definition) is 4. The number of nitrogens with zero attached hydrogens (tertiary/aromatic N) is 4. The molecule has 1 aromatic heterocycles. The van der Waals surface area contributed by atoms with E-state index in [-0.39, 0.29) is 18.6 Å². The van der Waals surface area contributed by atoms with Gasteiger partial charge in [-0.05, 0) is 61.7 Å². The summed E-state index contributed by atoms with van der Waals surface area (Å²) in [6.45, 7) is 6.04. The van der Waals surface area contributed by atoms with E-state index in [2.05, 4.69) is 16.1 Å². The molecule has 1 atom stereocenters. The van der Waals surface area contributed by atoms with E-state index in [0.29, 0.717) is 0 Å². The highest BCUT2D eigenvalue weighted by Crippen LogP contribution is 2.21. The smallest absolute Gasteiger partial charge is 0.260 e. The van der Waals surface area contributed by atoms with Crippen LogP contribution >= 0.6 is 0 Å². The van der Waals surface area contributed by atoms with Gasteiger partial charge in [-0.15, -0.1) is 0 Å². The Morgan fingerprint density at radius 3 is 2.41 bits per heavy atom. The van der Waals surface area contributed by atoms with Crippen LogP contribution in [-0.4, -0.2) is 39.2 Å². The fourth-order valence-corrected chi connectivity index (χ4v) is 2.95. The van der Waals surface area contributed by atoms with Gasteiger partial charge in [0.05, 0.1) is 11.7 Å². The van der Waals surface area contributed by atoms with Gasteiger partial charge >= 0.3 is 0 Å². The summed E-state index contributed by atoms with van der Waals surface area (Å²) in [7, 11) is 1.79. The fourth-order valence-electron chi connectivity index (χ4n) is 2.95. The molecule has 0 N–H and O–H groups in total. The van der Waals surface area contributed by atoms with Crippen molar-refractivity contribution >= 4 is 5.91 Å². The van der Waals surface area contributed by atoms with Gasteiger partial charge in [-0.3, -0.25) is 4.79 Å². The SMILES string of the molecule is Cc1cc(C)cc(OCC(=O)N(C)[C@@H](C)c2ccc(-n3cncn3)cc2)c1. The number of aromatic nitrogens is 3. The first-order valence-corrected chi connectivity index (χ1v) is 8.86. The number of ether oxygens (including phenoxy) is 1. The van der Waals surface area contributed by atoms with E-state index in [1.165, 1.54) is 6.33 Å². The highest BCUT2D eigenvalue weighted by molar-refractivity contribution is 5.78. The fraction of sp³-hybridized carbons (Fsp3) is 0.286. The van der Waals surface area contributed by atoms with Crippen molar-refractivity contribution in [1.82, 2.24) is 19.7 Å². The molecular formula is C21H24N4O2. The molecule has 0 spiro atoms. The van der Waals surface area contributed by atoms with Gasteiger partial charge in [0.25, 0.3) is 5.91 Å². The number of likely N-dealkylation sites (N-methyl/N-ethyl adjacent to an activating group) is 1. The second-order valence-corrected chi connectivity index (χ2v) is 6.72. The minimum atomic E-state index is -0.0676. The molecule has 1 amide bonds. The predicted molar refractivity (Wildman–Crippen MR) is 104 cm³/mol. The van der Waals surface area contributed by atoms with E-state index in [1.54, 1.807) is 23.0 Å². The summed E-state index contributed by atoms with van der Waals surface area (Å²) in [4.78, 5) is 18.2.